The Labute approximate surface area is 97.4 Å². The van der Waals surface area contributed by atoms with Crippen LogP contribution in [-0.4, -0.2) is 61.6 Å². The second kappa shape index (κ2) is 5.44. The van der Waals surface area contributed by atoms with E-state index in [1.165, 1.54) is 0 Å². The summed E-state index contributed by atoms with van der Waals surface area (Å²) in [4.78, 5) is 0. The summed E-state index contributed by atoms with van der Waals surface area (Å²) < 4.78 is 30.7. The first-order valence-electron chi connectivity index (χ1n) is 5.74. The maximum atomic E-state index is 10.6. The fourth-order valence-electron chi connectivity index (χ4n) is 2.55. The third-order valence-electron chi connectivity index (χ3n) is 3.37. The Morgan fingerprint density at radius 2 is 2.12 bits per heavy atom. The normalized spacial score (nSPS) is 31.6. The predicted molar refractivity (Wildman–Crippen MR) is 61.6 cm³/mol. The highest BCUT2D eigenvalue weighted by molar-refractivity contribution is 7.85. The van der Waals surface area contributed by atoms with Crippen LogP contribution in [0.4, 0.5) is 0 Å². The molecule has 1 rings (SSSR count). The van der Waals surface area contributed by atoms with Gasteiger partial charge in [-0.1, -0.05) is 0 Å². The van der Waals surface area contributed by atoms with Crippen molar-refractivity contribution in [1.29, 1.82) is 0 Å². The minimum Gasteiger partial charge on any atom is -0.396 e. The van der Waals surface area contributed by atoms with Crippen molar-refractivity contribution in [3.8, 4) is 0 Å². The van der Waals surface area contributed by atoms with E-state index in [4.69, 9.17) is 9.66 Å². The first-order chi connectivity index (χ1) is 7.35. The minimum absolute atomic E-state index is 0.162. The van der Waals surface area contributed by atoms with Crippen molar-refractivity contribution in [1.82, 2.24) is 0 Å². The third-order valence-corrected chi connectivity index (χ3v) is 4.17. The quantitative estimate of drug-likeness (QED) is 0.538. The smallest absolute Gasteiger partial charge is 0.265 e. The molecule has 1 aliphatic heterocycles. The monoisotopic (exact) mass is 252 g/mol. The number of aliphatic hydroxyl groups is 1. The fourth-order valence-corrected chi connectivity index (χ4v) is 3.04. The van der Waals surface area contributed by atoms with Crippen molar-refractivity contribution >= 4 is 10.1 Å². The van der Waals surface area contributed by atoms with Crippen molar-refractivity contribution < 1.29 is 22.6 Å². The largest absolute Gasteiger partial charge is 0.396 e. The van der Waals surface area contributed by atoms with Crippen LogP contribution < -0.4 is 0 Å². The summed E-state index contributed by atoms with van der Waals surface area (Å²) in [6, 6.07) is 0. The zero-order valence-electron chi connectivity index (χ0n) is 9.80. The van der Waals surface area contributed by atoms with Crippen molar-refractivity contribution in [3.05, 3.63) is 0 Å². The van der Waals surface area contributed by atoms with Crippen molar-refractivity contribution in [2.45, 2.75) is 19.3 Å². The Balaban J connectivity index is 2.39. The summed E-state index contributed by atoms with van der Waals surface area (Å²) >= 11 is 0. The second-order valence-electron chi connectivity index (χ2n) is 5.08. The zero-order valence-corrected chi connectivity index (χ0v) is 10.6. The van der Waals surface area contributed by atoms with Gasteiger partial charge >= 0.3 is 0 Å². The fraction of sp³-hybridized carbons (Fsp3) is 1.00. The zero-order chi connectivity index (χ0) is 12.2. The molecule has 1 saturated heterocycles. The van der Waals surface area contributed by atoms with Crippen LogP contribution in [0, 0.1) is 5.92 Å². The van der Waals surface area contributed by atoms with Crippen LogP contribution in [0.15, 0.2) is 0 Å². The molecule has 2 atom stereocenters. The van der Waals surface area contributed by atoms with Gasteiger partial charge in [0.2, 0.25) is 0 Å². The second-order valence-corrected chi connectivity index (χ2v) is 6.65. The highest BCUT2D eigenvalue weighted by Crippen LogP contribution is 2.21. The number of piperidine rings is 1. The summed E-state index contributed by atoms with van der Waals surface area (Å²) in [5.41, 5.74) is 0. The lowest BCUT2D eigenvalue weighted by molar-refractivity contribution is -0.917. The van der Waals surface area contributed by atoms with Gasteiger partial charge in [-0.15, -0.1) is 0 Å². The van der Waals surface area contributed by atoms with E-state index < -0.39 is 10.1 Å². The summed E-state index contributed by atoms with van der Waals surface area (Å²) in [5, 5.41) is 9.13. The lowest BCUT2D eigenvalue weighted by Crippen LogP contribution is -2.52. The molecule has 0 aliphatic carbocycles. The van der Waals surface area contributed by atoms with Gasteiger partial charge in [-0.2, -0.15) is 8.42 Å². The van der Waals surface area contributed by atoms with Crippen LogP contribution in [0.3, 0.4) is 0 Å². The molecule has 1 heterocycles. The number of nitrogens with zero attached hydrogens (tertiary/aromatic N) is 1. The lowest BCUT2D eigenvalue weighted by Gasteiger charge is -2.41. The van der Waals surface area contributed by atoms with Gasteiger partial charge in [0.05, 0.1) is 39.0 Å². The van der Waals surface area contributed by atoms with Gasteiger partial charge in [-0.05, 0) is 12.8 Å². The van der Waals surface area contributed by atoms with Crippen LogP contribution in [0.2, 0.25) is 0 Å². The molecule has 1 aliphatic rings. The Morgan fingerprint density at radius 1 is 1.44 bits per heavy atom. The van der Waals surface area contributed by atoms with Crippen molar-refractivity contribution in [2.75, 3.05) is 39.0 Å². The maximum Gasteiger partial charge on any atom is 0.265 e. The van der Waals surface area contributed by atoms with Gasteiger partial charge in [-0.3, -0.25) is 4.55 Å². The molecule has 1 fully saturated rings. The average Bonchev–Trinajstić information content (AvgIpc) is 2.15. The van der Waals surface area contributed by atoms with E-state index in [9.17, 15) is 8.42 Å². The third kappa shape index (κ3) is 4.78. The molecule has 5 nitrogen and oxygen atoms in total. The van der Waals surface area contributed by atoms with E-state index in [1.807, 2.05) is 0 Å². The van der Waals surface area contributed by atoms with Crippen LogP contribution in [-0.2, 0) is 10.1 Å². The summed E-state index contributed by atoms with van der Waals surface area (Å²) in [6.45, 7) is 2.90. The van der Waals surface area contributed by atoms with Gasteiger partial charge in [0.25, 0.3) is 10.1 Å². The van der Waals surface area contributed by atoms with E-state index in [-0.39, 0.29) is 12.4 Å². The van der Waals surface area contributed by atoms with E-state index >= 15 is 0 Å². The lowest BCUT2D eigenvalue weighted by atomic mass is 9.97. The molecule has 16 heavy (non-hydrogen) atoms. The van der Waals surface area contributed by atoms with E-state index in [1.54, 1.807) is 0 Å². The molecule has 0 amide bonds. The number of hydrogen-bond acceptors (Lipinski definition) is 3. The number of likely N-dealkylation sites (tertiary alicyclic amines) is 1. The van der Waals surface area contributed by atoms with Crippen molar-refractivity contribution in [3.63, 3.8) is 0 Å². The molecule has 2 unspecified atom stereocenters. The van der Waals surface area contributed by atoms with E-state index in [0.717, 1.165) is 37.0 Å². The highest BCUT2D eigenvalue weighted by atomic mass is 32.2. The number of aliphatic hydroxyl groups excluding tert-OH is 1. The Hall–Kier alpha value is -0.170. The number of quaternary nitrogens is 1. The Bertz CT molecular complexity index is 317. The first-order valence-corrected chi connectivity index (χ1v) is 7.35. The SMILES string of the molecule is C[N+]1(CCCS(=O)(=O)O)CCCC(CO)C1. The molecule has 0 aromatic heterocycles. The van der Waals surface area contributed by atoms with Gasteiger partial charge < -0.3 is 9.59 Å². The standard InChI is InChI=1S/C10H21NO4S/c1-11(6-3-7-16(13,14)15)5-2-4-10(8-11)9-12/h10,12H,2-9H2,1H3/p+1. The van der Waals surface area contributed by atoms with Crippen molar-refractivity contribution in [2.24, 2.45) is 5.92 Å². The van der Waals surface area contributed by atoms with Gasteiger partial charge in [0.15, 0.2) is 0 Å². The van der Waals surface area contributed by atoms with Gasteiger partial charge in [0.1, 0.15) is 0 Å². The number of rotatable bonds is 5. The van der Waals surface area contributed by atoms with Crippen LogP contribution in [0.1, 0.15) is 19.3 Å². The molecule has 0 radical (unpaired) electrons. The maximum absolute atomic E-state index is 10.6. The first kappa shape index (κ1) is 13.9. The molecule has 0 saturated carbocycles. The molecule has 0 aromatic rings. The highest BCUT2D eigenvalue weighted by Gasteiger charge is 2.30. The summed E-state index contributed by atoms with van der Waals surface area (Å²) in [7, 11) is -1.74. The molecule has 0 aromatic carbocycles. The molecule has 6 heteroatoms. The summed E-state index contributed by atoms with van der Waals surface area (Å²) in [6.07, 6.45) is 2.61. The topological polar surface area (TPSA) is 74.6 Å². The van der Waals surface area contributed by atoms with Crippen LogP contribution >= 0.6 is 0 Å². The molecule has 0 spiro atoms. The molecular formula is C10H22NO4S+. The van der Waals surface area contributed by atoms with E-state index in [0.29, 0.717) is 12.3 Å². The minimum atomic E-state index is -3.83. The Kier molecular flexibility index (Phi) is 4.73. The van der Waals surface area contributed by atoms with Gasteiger partial charge in [-0.25, -0.2) is 0 Å². The van der Waals surface area contributed by atoms with E-state index in [2.05, 4.69) is 7.05 Å². The van der Waals surface area contributed by atoms with Crippen LogP contribution in [0.5, 0.6) is 0 Å². The molecule has 2 N–H and O–H groups in total. The summed E-state index contributed by atoms with van der Waals surface area (Å²) in [5.74, 6) is 0.175. The molecule has 96 valence electrons. The average molecular weight is 252 g/mol. The molecule has 0 bridgehead atoms. The molecular weight excluding hydrogens is 230 g/mol. The van der Waals surface area contributed by atoms with Crippen LogP contribution in [0.25, 0.3) is 0 Å². The number of hydrogen-bond donors (Lipinski definition) is 2. The Morgan fingerprint density at radius 3 is 2.69 bits per heavy atom. The van der Waals surface area contributed by atoms with Gasteiger partial charge in [0, 0.05) is 12.3 Å². The predicted octanol–water partition coefficient (Wildman–Crippen LogP) is 0.113.